The Morgan fingerprint density at radius 2 is 1.72 bits per heavy atom. The first kappa shape index (κ1) is 22.9. The maximum atomic E-state index is 13.6. The molecule has 0 atom stereocenters. The minimum atomic E-state index is -3.70. The molecule has 4 aromatic rings. The van der Waals surface area contributed by atoms with Crippen molar-refractivity contribution in [2.24, 2.45) is 0 Å². The fourth-order valence-electron chi connectivity index (χ4n) is 5.17. The van der Waals surface area contributed by atoms with Gasteiger partial charge in [0.1, 0.15) is 16.5 Å². The maximum absolute atomic E-state index is 13.6. The lowest BCUT2D eigenvalue weighted by atomic mass is 10.2. The topological polar surface area (TPSA) is 105 Å². The summed E-state index contributed by atoms with van der Waals surface area (Å²) >= 11 is 0. The van der Waals surface area contributed by atoms with Gasteiger partial charge in [-0.15, -0.1) is 0 Å². The third kappa shape index (κ3) is 4.31. The number of fused-ring (bicyclic) bond motifs is 1. The Kier molecular flexibility index (Phi) is 6.06. The van der Waals surface area contributed by atoms with Gasteiger partial charge >= 0.3 is 0 Å². The molecule has 0 radical (unpaired) electrons. The van der Waals surface area contributed by atoms with Gasteiger partial charge in [-0.2, -0.15) is 4.98 Å². The van der Waals surface area contributed by atoms with E-state index in [-0.39, 0.29) is 16.0 Å². The summed E-state index contributed by atoms with van der Waals surface area (Å²) in [4.78, 5) is 16.4. The van der Waals surface area contributed by atoms with Gasteiger partial charge in [-0.1, -0.05) is 31.0 Å². The average molecular weight is 504 g/mol. The zero-order valence-corrected chi connectivity index (χ0v) is 20.8. The highest BCUT2D eigenvalue weighted by Gasteiger charge is 2.30. The summed E-state index contributed by atoms with van der Waals surface area (Å²) in [6.07, 6.45) is 7.57. The number of aromatic nitrogens is 4. The van der Waals surface area contributed by atoms with Crippen LogP contribution in [0.5, 0.6) is 0 Å². The number of nitrogens with one attached hydrogen (secondary N) is 2. The lowest BCUT2D eigenvalue weighted by Crippen LogP contribution is -2.43. The van der Waals surface area contributed by atoms with Crippen LogP contribution in [0.25, 0.3) is 11.0 Å². The number of benzene rings is 1. The molecule has 36 heavy (non-hydrogen) atoms. The highest BCUT2D eigenvalue weighted by molar-refractivity contribution is 7.91. The minimum absolute atomic E-state index is 0.0928. The fourth-order valence-corrected chi connectivity index (χ4v) is 6.71. The van der Waals surface area contributed by atoms with Crippen LogP contribution in [-0.4, -0.2) is 54.1 Å². The molecular weight excluding hydrogens is 474 g/mol. The molecule has 0 bridgehead atoms. The lowest BCUT2D eigenvalue weighted by molar-refractivity contribution is 0.488. The van der Waals surface area contributed by atoms with Crippen LogP contribution in [0.3, 0.4) is 0 Å². The number of hydrogen-bond donors (Lipinski definition) is 2. The molecule has 2 fully saturated rings. The molecule has 0 spiro atoms. The van der Waals surface area contributed by atoms with Gasteiger partial charge in [0.05, 0.1) is 16.8 Å². The van der Waals surface area contributed by atoms with Crippen molar-refractivity contribution < 1.29 is 8.42 Å². The minimum Gasteiger partial charge on any atom is -0.368 e. The Labute approximate surface area is 210 Å². The molecule has 0 unspecified atom stereocenters. The van der Waals surface area contributed by atoms with Crippen molar-refractivity contribution in [3.05, 3.63) is 60.9 Å². The summed E-state index contributed by atoms with van der Waals surface area (Å²) in [5, 5.41) is 7.54. The van der Waals surface area contributed by atoms with E-state index < -0.39 is 9.84 Å². The van der Waals surface area contributed by atoms with Crippen molar-refractivity contribution in [2.75, 3.05) is 36.4 Å². The summed E-state index contributed by atoms with van der Waals surface area (Å²) in [5.74, 6) is 1.04. The summed E-state index contributed by atoms with van der Waals surface area (Å²) in [7, 11) is -3.70. The summed E-state index contributed by atoms with van der Waals surface area (Å²) in [6, 6.07) is 14.4. The van der Waals surface area contributed by atoms with E-state index in [2.05, 4.69) is 25.5 Å². The van der Waals surface area contributed by atoms with Crippen molar-refractivity contribution >= 4 is 38.3 Å². The van der Waals surface area contributed by atoms with Crippen LogP contribution in [0.2, 0.25) is 0 Å². The van der Waals surface area contributed by atoms with E-state index >= 15 is 0 Å². The highest BCUT2D eigenvalue weighted by Crippen LogP contribution is 2.37. The zero-order chi connectivity index (χ0) is 24.5. The van der Waals surface area contributed by atoms with E-state index in [0.29, 0.717) is 22.8 Å². The molecule has 10 heteroatoms. The smallest absolute Gasteiger partial charge is 0.230 e. The molecule has 6 rings (SSSR count). The standard InChI is InChI=1S/C26H29N7O2S/c34-36(35,22-8-2-1-3-9-22)24-16-19-17-29-26(31-25(19)33(24)20-6-4-5-7-20)30-23-11-10-21(18-28-23)32-14-12-27-13-15-32/h1-3,8-11,16-18,20,27H,4-7,12-15H2,(H,28,29,30,31). The van der Waals surface area contributed by atoms with Gasteiger partial charge in [-0.25, -0.2) is 18.4 Å². The molecule has 2 N–H and O–H groups in total. The third-order valence-electron chi connectivity index (χ3n) is 7.03. The van der Waals surface area contributed by atoms with Crippen LogP contribution in [0, 0.1) is 0 Å². The van der Waals surface area contributed by atoms with E-state index in [1.807, 2.05) is 29.0 Å². The predicted molar refractivity (Wildman–Crippen MR) is 140 cm³/mol. The largest absolute Gasteiger partial charge is 0.368 e. The second-order valence-electron chi connectivity index (χ2n) is 9.34. The maximum Gasteiger partial charge on any atom is 0.230 e. The number of pyridine rings is 1. The predicted octanol–water partition coefficient (Wildman–Crippen LogP) is 3.93. The molecule has 1 aliphatic heterocycles. The quantitative estimate of drug-likeness (QED) is 0.408. The monoisotopic (exact) mass is 503 g/mol. The van der Waals surface area contributed by atoms with E-state index in [1.54, 1.807) is 36.5 Å². The summed E-state index contributed by atoms with van der Waals surface area (Å²) in [5.41, 5.74) is 1.72. The van der Waals surface area contributed by atoms with Crippen molar-refractivity contribution in [3.63, 3.8) is 0 Å². The molecular formula is C26H29N7O2S. The molecule has 1 saturated heterocycles. The second kappa shape index (κ2) is 9.51. The number of hydrogen-bond acceptors (Lipinski definition) is 8. The molecule has 1 aliphatic carbocycles. The Hall–Kier alpha value is -3.50. The SMILES string of the molecule is O=S(=O)(c1ccccc1)c1cc2cnc(Nc3ccc(N4CCNCC4)cn3)nc2n1C1CCCC1. The van der Waals surface area contributed by atoms with Gasteiger partial charge in [0, 0.05) is 43.8 Å². The second-order valence-corrected chi connectivity index (χ2v) is 11.2. The lowest BCUT2D eigenvalue weighted by Gasteiger charge is -2.29. The number of anilines is 3. The van der Waals surface area contributed by atoms with Crippen molar-refractivity contribution in [3.8, 4) is 0 Å². The first-order valence-electron chi connectivity index (χ1n) is 12.5. The summed E-state index contributed by atoms with van der Waals surface area (Å²) in [6.45, 7) is 3.86. The van der Waals surface area contributed by atoms with Gasteiger partial charge in [0.25, 0.3) is 0 Å². The van der Waals surface area contributed by atoms with Crippen molar-refractivity contribution in [1.29, 1.82) is 0 Å². The third-order valence-corrected chi connectivity index (χ3v) is 8.79. The van der Waals surface area contributed by atoms with Gasteiger partial charge in [0.15, 0.2) is 0 Å². The van der Waals surface area contributed by atoms with Crippen LogP contribution in [0.1, 0.15) is 31.7 Å². The van der Waals surface area contributed by atoms with Crippen molar-refractivity contribution in [2.45, 2.75) is 41.6 Å². The van der Waals surface area contributed by atoms with Crippen LogP contribution in [0.4, 0.5) is 17.5 Å². The molecule has 1 aromatic carbocycles. The molecule has 0 amide bonds. The van der Waals surface area contributed by atoms with Crippen LogP contribution < -0.4 is 15.5 Å². The van der Waals surface area contributed by atoms with Crippen LogP contribution >= 0.6 is 0 Å². The number of piperazine rings is 1. The van der Waals surface area contributed by atoms with E-state index in [1.165, 1.54) is 0 Å². The average Bonchev–Trinajstić information content (AvgIpc) is 3.58. The normalized spacial score (nSPS) is 17.1. The van der Waals surface area contributed by atoms with Crippen LogP contribution in [-0.2, 0) is 9.84 Å². The fraction of sp³-hybridized carbons (Fsp3) is 0.346. The Bertz CT molecular complexity index is 1460. The Morgan fingerprint density at radius 3 is 2.44 bits per heavy atom. The van der Waals surface area contributed by atoms with Gasteiger partial charge in [-0.05, 0) is 43.2 Å². The molecule has 3 aromatic heterocycles. The van der Waals surface area contributed by atoms with Gasteiger partial charge in [0.2, 0.25) is 15.8 Å². The molecule has 2 aliphatic rings. The van der Waals surface area contributed by atoms with Crippen LogP contribution in [0.15, 0.2) is 70.8 Å². The Balaban J connectivity index is 1.35. The van der Waals surface area contributed by atoms with Gasteiger partial charge in [-0.3, -0.25) is 0 Å². The van der Waals surface area contributed by atoms with E-state index in [4.69, 9.17) is 4.98 Å². The number of nitrogens with zero attached hydrogens (tertiary/aromatic N) is 5. The first-order valence-corrected chi connectivity index (χ1v) is 13.9. The van der Waals surface area contributed by atoms with E-state index in [0.717, 1.165) is 57.5 Å². The number of sulfone groups is 1. The molecule has 1 saturated carbocycles. The molecule has 186 valence electrons. The van der Waals surface area contributed by atoms with Gasteiger partial charge < -0.3 is 20.1 Å². The first-order chi connectivity index (χ1) is 17.6. The van der Waals surface area contributed by atoms with Crippen molar-refractivity contribution in [1.82, 2.24) is 24.8 Å². The molecule has 9 nitrogen and oxygen atoms in total. The molecule has 4 heterocycles. The number of rotatable bonds is 6. The Morgan fingerprint density at radius 1 is 0.944 bits per heavy atom. The summed E-state index contributed by atoms with van der Waals surface area (Å²) < 4.78 is 29.1. The highest BCUT2D eigenvalue weighted by atomic mass is 32.2. The van der Waals surface area contributed by atoms with E-state index in [9.17, 15) is 8.42 Å². The zero-order valence-electron chi connectivity index (χ0n) is 20.0.